The lowest BCUT2D eigenvalue weighted by Crippen LogP contribution is -2.41. The largest absolute Gasteiger partial charge is 0.273 e. The quantitative estimate of drug-likeness (QED) is 0.843. The van der Waals surface area contributed by atoms with Crippen LogP contribution in [0.15, 0.2) is 65.6 Å². The minimum atomic E-state index is -3.92. The van der Waals surface area contributed by atoms with Crippen LogP contribution in [0.25, 0.3) is 0 Å². The summed E-state index contributed by atoms with van der Waals surface area (Å²) in [4.78, 5) is 13.2. The summed E-state index contributed by atoms with van der Waals surface area (Å²) in [7, 11) is -3.92. The monoisotopic (exact) mass is 343 g/mol. The first-order chi connectivity index (χ1) is 11.6. The van der Waals surface area contributed by atoms with Crippen LogP contribution < -0.4 is 4.31 Å². The molecule has 0 saturated heterocycles. The molecule has 0 aliphatic heterocycles. The smallest absolute Gasteiger partial charge is 0.270 e. The molecule has 1 saturated carbocycles. The minimum Gasteiger partial charge on any atom is -0.273 e. The Balaban J connectivity index is 2.04. The number of amides is 1. The first kappa shape index (κ1) is 16.7. The Morgan fingerprint density at radius 3 is 1.96 bits per heavy atom. The van der Waals surface area contributed by atoms with Gasteiger partial charge in [-0.2, -0.15) is 0 Å². The molecule has 1 aliphatic rings. The highest BCUT2D eigenvalue weighted by Crippen LogP contribution is 2.31. The second-order valence-corrected chi connectivity index (χ2v) is 7.88. The van der Waals surface area contributed by atoms with E-state index in [2.05, 4.69) is 0 Å². The van der Waals surface area contributed by atoms with Crippen molar-refractivity contribution < 1.29 is 13.2 Å². The summed E-state index contributed by atoms with van der Waals surface area (Å²) in [6, 6.07) is 16.8. The zero-order valence-electron chi connectivity index (χ0n) is 13.5. The highest BCUT2D eigenvalue weighted by molar-refractivity contribution is 7.93. The van der Waals surface area contributed by atoms with Gasteiger partial charge in [0, 0.05) is 5.92 Å². The normalized spacial score (nSPS) is 15.8. The van der Waals surface area contributed by atoms with Crippen LogP contribution in [0.1, 0.15) is 32.1 Å². The number of para-hydroxylation sites is 1. The Hall–Kier alpha value is -2.14. The van der Waals surface area contributed by atoms with E-state index in [4.69, 9.17) is 0 Å². The maximum absolute atomic E-state index is 13.1. The molecule has 1 amide bonds. The van der Waals surface area contributed by atoms with Crippen LogP contribution in [0, 0.1) is 5.92 Å². The van der Waals surface area contributed by atoms with E-state index in [9.17, 15) is 13.2 Å². The van der Waals surface area contributed by atoms with Crippen molar-refractivity contribution in [1.82, 2.24) is 0 Å². The van der Waals surface area contributed by atoms with Gasteiger partial charge in [-0.3, -0.25) is 4.79 Å². The van der Waals surface area contributed by atoms with E-state index in [1.54, 1.807) is 42.5 Å². The number of anilines is 1. The first-order valence-electron chi connectivity index (χ1n) is 8.30. The number of rotatable bonds is 4. The molecular formula is C19H21NO3S. The van der Waals surface area contributed by atoms with Crippen LogP contribution in [-0.4, -0.2) is 14.3 Å². The third-order valence-corrected chi connectivity index (χ3v) is 6.17. The zero-order valence-corrected chi connectivity index (χ0v) is 14.3. The zero-order chi connectivity index (χ0) is 17.0. The van der Waals surface area contributed by atoms with E-state index >= 15 is 0 Å². The van der Waals surface area contributed by atoms with Crippen molar-refractivity contribution in [3.8, 4) is 0 Å². The Morgan fingerprint density at radius 2 is 1.38 bits per heavy atom. The van der Waals surface area contributed by atoms with E-state index in [1.807, 2.05) is 6.07 Å². The van der Waals surface area contributed by atoms with Gasteiger partial charge < -0.3 is 0 Å². The van der Waals surface area contributed by atoms with Crippen molar-refractivity contribution in [3.63, 3.8) is 0 Å². The molecule has 0 N–H and O–H groups in total. The lowest BCUT2D eigenvalue weighted by molar-refractivity contribution is -0.122. The van der Waals surface area contributed by atoms with E-state index in [0.717, 1.165) is 36.4 Å². The van der Waals surface area contributed by atoms with Crippen molar-refractivity contribution in [3.05, 3.63) is 60.7 Å². The molecule has 24 heavy (non-hydrogen) atoms. The van der Waals surface area contributed by atoms with Crippen molar-refractivity contribution in [2.24, 2.45) is 5.92 Å². The van der Waals surface area contributed by atoms with Crippen LogP contribution in [0.4, 0.5) is 5.69 Å². The van der Waals surface area contributed by atoms with Crippen LogP contribution in [0.2, 0.25) is 0 Å². The number of nitrogens with zero attached hydrogens (tertiary/aromatic N) is 1. The van der Waals surface area contributed by atoms with Gasteiger partial charge in [-0.15, -0.1) is 0 Å². The molecule has 1 aliphatic carbocycles. The number of benzene rings is 2. The molecule has 0 aromatic heterocycles. The Bertz CT molecular complexity index is 782. The number of hydrogen-bond acceptors (Lipinski definition) is 3. The van der Waals surface area contributed by atoms with Gasteiger partial charge >= 0.3 is 0 Å². The van der Waals surface area contributed by atoms with Crippen LogP contribution in [-0.2, 0) is 14.8 Å². The summed E-state index contributed by atoms with van der Waals surface area (Å²) in [5.74, 6) is -0.540. The number of hydrogen-bond donors (Lipinski definition) is 0. The topological polar surface area (TPSA) is 54.5 Å². The second kappa shape index (κ2) is 7.18. The van der Waals surface area contributed by atoms with Crippen LogP contribution in [0.5, 0.6) is 0 Å². The highest BCUT2D eigenvalue weighted by atomic mass is 32.2. The van der Waals surface area contributed by atoms with E-state index < -0.39 is 10.0 Å². The van der Waals surface area contributed by atoms with Crippen LogP contribution in [0.3, 0.4) is 0 Å². The van der Waals surface area contributed by atoms with Gasteiger partial charge in [0.1, 0.15) is 0 Å². The van der Waals surface area contributed by atoms with Gasteiger partial charge in [0.2, 0.25) is 5.91 Å². The summed E-state index contributed by atoms with van der Waals surface area (Å²) >= 11 is 0. The molecule has 0 spiro atoms. The fourth-order valence-electron chi connectivity index (χ4n) is 3.16. The second-order valence-electron chi connectivity index (χ2n) is 6.09. The summed E-state index contributed by atoms with van der Waals surface area (Å²) in [5, 5.41) is 0. The molecule has 4 nitrogen and oxygen atoms in total. The molecule has 5 heteroatoms. The molecule has 0 heterocycles. The van der Waals surface area contributed by atoms with Crippen molar-refractivity contribution in [2.45, 2.75) is 37.0 Å². The molecule has 0 bridgehead atoms. The summed E-state index contributed by atoms with van der Waals surface area (Å²) in [6.45, 7) is 0. The maximum Gasteiger partial charge on any atom is 0.270 e. The highest BCUT2D eigenvalue weighted by Gasteiger charge is 2.35. The molecule has 2 aromatic rings. The Morgan fingerprint density at radius 1 is 0.833 bits per heavy atom. The van der Waals surface area contributed by atoms with Gasteiger partial charge in [0.25, 0.3) is 10.0 Å². The molecule has 126 valence electrons. The van der Waals surface area contributed by atoms with Crippen LogP contribution >= 0.6 is 0 Å². The fourth-order valence-corrected chi connectivity index (χ4v) is 4.66. The molecule has 0 unspecified atom stereocenters. The lowest BCUT2D eigenvalue weighted by Gasteiger charge is -2.28. The summed E-state index contributed by atoms with van der Waals surface area (Å²) < 4.78 is 27.2. The minimum absolute atomic E-state index is 0.137. The van der Waals surface area contributed by atoms with Gasteiger partial charge in [-0.25, -0.2) is 12.7 Å². The predicted octanol–water partition coefficient (Wildman–Crippen LogP) is 3.99. The predicted molar refractivity (Wildman–Crippen MR) is 94.1 cm³/mol. The molecule has 0 atom stereocenters. The fraction of sp³-hybridized carbons (Fsp3) is 0.316. The third kappa shape index (κ3) is 3.36. The SMILES string of the molecule is O=C(C1CCCCC1)N(c1ccccc1)S(=O)(=O)c1ccccc1. The van der Waals surface area contributed by atoms with Gasteiger partial charge in [0.05, 0.1) is 10.6 Å². The van der Waals surface area contributed by atoms with Gasteiger partial charge in [-0.1, -0.05) is 55.7 Å². The van der Waals surface area contributed by atoms with Crippen molar-refractivity contribution in [1.29, 1.82) is 0 Å². The number of carbonyl (C=O) groups is 1. The average molecular weight is 343 g/mol. The van der Waals surface area contributed by atoms with Gasteiger partial charge in [-0.05, 0) is 37.1 Å². The average Bonchev–Trinajstić information content (AvgIpc) is 2.64. The summed E-state index contributed by atoms with van der Waals surface area (Å²) in [6.07, 6.45) is 4.58. The number of carbonyl (C=O) groups excluding carboxylic acids is 1. The van der Waals surface area contributed by atoms with Crippen molar-refractivity contribution >= 4 is 21.6 Å². The molecule has 2 aromatic carbocycles. The third-order valence-electron chi connectivity index (χ3n) is 4.43. The van der Waals surface area contributed by atoms with E-state index in [1.165, 1.54) is 12.1 Å². The van der Waals surface area contributed by atoms with E-state index in [0.29, 0.717) is 5.69 Å². The first-order valence-corrected chi connectivity index (χ1v) is 9.74. The van der Waals surface area contributed by atoms with Crippen molar-refractivity contribution in [2.75, 3.05) is 4.31 Å². The van der Waals surface area contributed by atoms with Gasteiger partial charge in [0.15, 0.2) is 0 Å². The molecular weight excluding hydrogens is 322 g/mol. The maximum atomic E-state index is 13.1. The summed E-state index contributed by atoms with van der Waals surface area (Å²) in [5.41, 5.74) is 0.400. The number of sulfonamides is 1. The molecule has 3 rings (SSSR count). The Kier molecular flexibility index (Phi) is 5.00. The lowest BCUT2D eigenvalue weighted by atomic mass is 9.88. The standard InChI is InChI=1S/C19H21NO3S/c21-19(16-10-4-1-5-11-16)20(17-12-6-2-7-13-17)24(22,23)18-14-8-3-9-15-18/h2-3,6-9,12-16H,1,4-5,10-11H2. The molecule has 1 fully saturated rings. The Labute approximate surface area is 143 Å². The van der Waals surface area contributed by atoms with E-state index in [-0.39, 0.29) is 16.7 Å². The molecule has 0 radical (unpaired) electrons.